The minimum atomic E-state index is -3.85. The monoisotopic (exact) mass is 410 g/mol. The molecule has 9 heteroatoms. The number of anilines is 2. The van der Waals surface area contributed by atoms with Gasteiger partial charge in [0.05, 0.1) is 27.4 Å². The molecule has 1 heterocycles. The summed E-state index contributed by atoms with van der Waals surface area (Å²) >= 11 is 6.08. The van der Waals surface area contributed by atoms with Gasteiger partial charge in [0.1, 0.15) is 5.82 Å². The predicted octanol–water partition coefficient (Wildman–Crippen LogP) is 3.43. The summed E-state index contributed by atoms with van der Waals surface area (Å²) in [5.74, 6) is -1.96. The van der Waals surface area contributed by atoms with E-state index in [4.69, 9.17) is 11.6 Å². The molecule has 2 aromatic rings. The van der Waals surface area contributed by atoms with Crippen LogP contribution >= 0.6 is 11.6 Å². The van der Waals surface area contributed by atoms with Crippen molar-refractivity contribution in [2.24, 2.45) is 5.41 Å². The quantitative estimate of drug-likeness (QED) is 0.840. The van der Waals surface area contributed by atoms with Crippen LogP contribution in [0.1, 0.15) is 24.2 Å². The molecule has 0 aromatic heterocycles. The average Bonchev–Trinajstić information content (AvgIpc) is 2.73. The van der Waals surface area contributed by atoms with Gasteiger partial charge in [0, 0.05) is 5.69 Å². The number of benzene rings is 2. The number of rotatable bonds is 3. The number of carbonyl (C=O) groups is 2. The Balaban J connectivity index is 1.96. The van der Waals surface area contributed by atoms with Crippen molar-refractivity contribution in [3.05, 3.63) is 58.9 Å². The molecule has 27 heavy (non-hydrogen) atoms. The molecule has 0 atom stereocenters. The van der Waals surface area contributed by atoms with Gasteiger partial charge in [0.2, 0.25) is 15.9 Å². The lowest BCUT2D eigenvalue weighted by Gasteiger charge is -2.18. The zero-order chi connectivity index (χ0) is 20.0. The Morgan fingerprint density at radius 2 is 1.81 bits per heavy atom. The lowest BCUT2D eigenvalue weighted by atomic mass is 9.95. The average molecular weight is 411 g/mol. The zero-order valence-electron chi connectivity index (χ0n) is 14.5. The molecule has 3 rings (SSSR count). The fourth-order valence-electron chi connectivity index (χ4n) is 2.81. The van der Waals surface area contributed by atoms with Crippen molar-refractivity contribution in [1.29, 1.82) is 0 Å². The molecule has 0 radical (unpaired) electrons. The molecule has 2 aromatic carbocycles. The topological polar surface area (TPSA) is 83.6 Å². The molecule has 1 N–H and O–H groups in total. The van der Waals surface area contributed by atoms with Crippen LogP contribution in [0.2, 0.25) is 5.02 Å². The van der Waals surface area contributed by atoms with E-state index >= 15 is 0 Å². The van der Waals surface area contributed by atoms with Crippen molar-refractivity contribution in [3.63, 3.8) is 0 Å². The molecule has 1 aliphatic heterocycles. The summed E-state index contributed by atoms with van der Waals surface area (Å²) in [4.78, 5) is 25.0. The van der Waals surface area contributed by atoms with Crippen molar-refractivity contribution < 1.29 is 22.4 Å². The molecule has 2 amide bonds. The number of halogens is 2. The van der Waals surface area contributed by atoms with Gasteiger partial charge >= 0.3 is 0 Å². The Morgan fingerprint density at radius 3 is 2.37 bits per heavy atom. The van der Waals surface area contributed by atoms with Crippen molar-refractivity contribution >= 4 is 44.8 Å². The van der Waals surface area contributed by atoms with Crippen molar-refractivity contribution in [1.82, 2.24) is 0 Å². The summed E-state index contributed by atoms with van der Waals surface area (Å²) in [5, 5.41) is 2.63. The van der Waals surface area contributed by atoms with E-state index < -0.39 is 33.1 Å². The summed E-state index contributed by atoms with van der Waals surface area (Å²) < 4.78 is 38.5. The van der Waals surface area contributed by atoms with E-state index in [2.05, 4.69) is 5.32 Å². The second-order valence-electron chi connectivity index (χ2n) is 6.83. The molecular formula is C18H16ClFN2O4S. The first kappa shape index (κ1) is 19.3. The molecule has 0 aliphatic carbocycles. The Hall–Kier alpha value is -2.45. The molecule has 0 spiro atoms. The van der Waals surface area contributed by atoms with Crippen LogP contribution < -0.4 is 9.62 Å². The largest absolute Gasteiger partial charge is 0.322 e. The van der Waals surface area contributed by atoms with Crippen LogP contribution in [-0.2, 0) is 14.8 Å². The summed E-state index contributed by atoms with van der Waals surface area (Å²) in [7, 11) is -3.85. The third kappa shape index (κ3) is 3.68. The maximum atomic E-state index is 13.0. The third-order valence-electron chi connectivity index (χ3n) is 4.12. The van der Waals surface area contributed by atoms with Gasteiger partial charge in [-0.1, -0.05) is 11.6 Å². The Bertz CT molecular complexity index is 1040. The summed E-state index contributed by atoms with van der Waals surface area (Å²) in [6.07, 6.45) is 0. The van der Waals surface area contributed by atoms with E-state index in [0.717, 1.165) is 0 Å². The highest BCUT2D eigenvalue weighted by Gasteiger charge is 2.50. The van der Waals surface area contributed by atoms with Crippen LogP contribution in [0.5, 0.6) is 0 Å². The molecule has 6 nitrogen and oxygen atoms in total. The van der Waals surface area contributed by atoms with Crippen molar-refractivity contribution in [3.8, 4) is 0 Å². The van der Waals surface area contributed by atoms with E-state index in [0.29, 0.717) is 9.99 Å². The lowest BCUT2D eigenvalue weighted by Crippen LogP contribution is -2.33. The van der Waals surface area contributed by atoms with Crippen LogP contribution in [-0.4, -0.2) is 26.0 Å². The minimum Gasteiger partial charge on any atom is -0.322 e. The SMILES string of the molecule is CC1(C)CS(=O)(=O)N(c2ccc(Cl)c(C(=O)Nc3ccc(F)cc3)c2)C1=O. The first-order valence-electron chi connectivity index (χ1n) is 7.95. The second-order valence-corrected chi connectivity index (χ2v) is 9.06. The predicted molar refractivity (Wildman–Crippen MR) is 101 cm³/mol. The van der Waals surface area contributed by atoms with Crippen LogP contribution in [0.25, 0.3) is 0 Å². The maximum Gasteiger partial charge on any atom is 0.257 e. The zero-order valence-corrected chi connectivity index (χ0v) is 16.1. The van der Waals surface area contributed by atoms with Gasteiger partial charge in [-0.05, 0) is 56.3 Å². The molecule has 0 unspecified atom stereocenters. The Kier molecular flexibility index (Phi) is 4.73. The third-order valence-corrected chi connectivity index (χ3v) is 6.47. The number of hydrogen-bond donors (Lipinski definition) is 1. The normalized spacial score (nSPS) is 17.8. The summed E-state index contributed by atoms with van der Waals surface area (Å²) in [6.45, 7) is 3.09. The van der Waals surface area contributed by atoms with Gasteiger partial charge in [-0.2, -0.15) is 0 Å². The first-order valence-corrected chi connectivity index (χ1v) is 9.94. The molecular weight excluding hydrogens is 395 g/mol. The van der Waals surface area contributed by atoms with E-state index in [-0.39, 0.29) is 22.0 Å². The minimum absolute atomic E-state index is 0.00815. The number of nitrogens with one attached hydrogen (secondary N) is 1. The highest BCUT2D eigenvalue weighted by molar-refractivity contribution is 7.94. The van der Waals surface area contributed by atoms with Crippen molar-refractivity contribution in [2.75, 3.05) is 15.4 Å². The molecule has 0 bridgehead atoms. The number of nitrogens with zero attached hydrogens (tertiary/aromatic N) is 1. The molecule has 0 saturated carbocycles. The first-order chi connectivity index (χ1) is 12.5. The number of sulfonamides is 1. The van der Waals surface area contributed by atoms with E-state index in [1.165, 1.54) is 42.5 Å². The number of carbonyl (C=O) groups excluding carboxylic acids is 2. The fraction of sp³-hybridized carbons (Fsp3) is 0.222. The van der Waals surface area contributed by atoms with Gasteiger partial charge in [0.15, 0.2) is 0 Å². The van der Waals surface area contributed by atoms with Gasteiger partial charge in [-0.3, -0.25) is 9.59 Å². The van der Waals surface area contributed by atoms with Gasteiger partial charge in [-0.25, -0.2) is 17.1 Å². The summed E-state index contributed by atoms with van der Waals surface area (Å²) in [5.41, 5.74) is -0.686. The van der Waals surface area contributed by atoms with Gasteiger partial charge < -0.3 is 5.32 Å². The van der Waals surface area contributed by atoms with Crippen LogP contribution in [0.15, 0.2) is 42.5 Å². The van der Waals surface area contributed by atoms with E-state index in [1.54, 1.807) is 13.8 Å². The standard InChI is InChI=1S/C18H16ClFN2O4S/c1-18(2)10-27(25,26)22(17(18)24)13-7-8-15(19)14(9-13)16(23)21-12-5-3-11(20)4-6-12/h3-9H,10H2,1-2H3,(H,21,23). The Morgan fingerprint density at radius 1 is 1.19 bits per heavy atom. The maximum absolute atomic E-state index is 13.0. The molecule has 142 valence electrons. The van der Waals surface area contributed by atoms with Crippen LogP contribution in [0.3, 0.4) is 0 Å². The highest BCUT2D eigenvalue weighted by atomic mass is 35.5. The number of amides is 2. The van der Waals surface area contributed by atoms with E-state index in [9.17, 15) is 22.4 Å². The summed E-state index contributed by atoms with van der Waals surface area (Å²) in [6, 6.07) is 9.09. The van der Waals surface area contributed by atoms with Gasteiger partial charge in [-0.15, -0.1) is 0 Å². The highest BCUT2D eigenvalue weighted by Crippen LogP contribution is 2.37. The smallest absolute Gasteiger partial charge is 0.257 e. The fourth-order valence-corrected chi connectivity index (χ4v) is 5.11. The van der Waals surface area contributed by atoms with Gasteiger partial charge in [0.25, 0.3) is 5.91 Å². The second kappa shape index (κ2) is 6.61. The van der Waals surface area contributed by atoms with Crippen LogP contribution in [0.4, 0.5) is 15.8 Å². The number of hydrogen-bond acceptors (Lipinski definition) is 4. The molecule has 1 aliphatic rings. The van der Waals surface area contributed by atoms with Crippen molar-refractivity contribution in [2.45, 2.75) is 13.8 Å². The molecule has 1 saturated heterocycles. The Labute approximate surface area is 161 Å². The van der Waals surface area contributed by atoms with Crippen LogP contribution in [0, 0.1) is 11.2 Å². The van der Waals surface area contributed by atoms with E-state index in [1.807, 2.05) is 0 Å². The molecule has 1 fully saturated rings. The lowest BCUT2D eigenvalue weighted by molar-refractivity contribution is -0.123.